The second-order valence-corrected chi connectivity index (χ2v) is 4.80. The molecule has 0 aliphatic carbocycles. The van der Waals surface area contributed by atoms with Crippen LogP contribution in [0.5, 0.6) is 0 Å². The van der Waals surface area contributed by atoms with Gasteiger partial charge < -0.3 is 10.0 Å². The molecular formula is C13H11F3N4O2. The van der Waals surface area contributed by atoms with E-state index in [4.69, 9.17) is 5.11 Å². The summed E-state index contributed by atoms with van der Waals surface area (Å²) in [4.78, 5) is 14.1. The van der Waals surface area contributed by atoms with E-state index in [2.05, 4.69) is 10.5 Å². The van der Waals surface area contributed by atoms with Crippen molar-refractivity contribution in [3.05, 3.63) is 41.6 Å². The smallest absolute Gasteiger partial charge is 0.416 e. The lowest BCUT2D eigenvalue weighted by molar-refractivity contribution is -0.137. The number of carboxylic acids is 1. The SMILES string of the molecule is O=C(O)C1=CN(c2cccc(C(F)(F)F)c2)C2=NNCN2C1. The molecule has 1 aromatic carbocycles. The van der Waals surface area contributed by atoms with Crippen LogP contribution in [-0.4, -0.2) is 35.1 Å². The highest BCUT2D eigenvalue weighted by Gasteiger charge is 2.34. The van der Waals surface area contributed by atoms with Crippen LogP contribution >= 0.6 is 0 Å². The number of carbonyl (C=O) groups is 1. The molecule has 0 bridgehead atoms. The number of nitrogens with one attached hydrogen (secondary N) is 1. The van der Waals surface area contributed by atoms with E-state index in [1.54, 1.807) is 4.90 Å². The van der Waals surface area contributed by atoms with Crippen molar-refractivity contribution in [1.82, 2.24) is 10.3 Å². The molecule has 0 amide bonds. The predicted molar refractivity (Wildman–Crippen MR) is 71.8 cm³/mol. The Morgan fingerprint density at radius 1 is 1.36 bits per heavy atom. The van der Waals surface area contributed by atoms with Crippen molar-refractivity contribution in [2.24, 2.45) is 5.10 Å². The Morgan fingerprint density at radius 3 is 2.82 bits per heavy atom. The van der Waals surface area contributed by atoms with Gasteiger partial charge in [0.15, 0.2) is 0 Å². The molecule has 116 valence electrons. The third kappa shape index (κ3) is 2.45. The number of hydrogen-bond donors (Lipinski definition) is 2. The van der Waals surface area contributed by atoms with Crippen molar-refractivity contribution >= 4 is 17.6 Å². The molecule has 2 heterocycles. The van der Waals surface area contributed by atoms with Gasteiger partial charge in [-0.15, -0.1) is 5.10 Å². The average molecular weight is 312 g/mol. The van der Waals surface area contributed by atoms with Crippen molar-refractivity contribution in [2.45, 2.75) is 6.18 Å². The largest absolute Gasteiger partial charge is 0.478 e. The Hall–Kier alpha value is -2.71. The van der Waals surface area contributed by atoms with Gasteiger partial charge in [-0.1, -0.05) is 6.07 Å². The summed E-state index contributed by atoms with van der Waals surface area (Å²) in [5.41, 5.74) is 2.15. The molecule has 2 N–H and O–H groups in total. The Bertz CT molecular complexity index is 684. The Labute approximate surface area is 123 Å². The van der Waals surface area contributed by atoms with Gasteiger partial charge in [0.2, 0.25) is 5.96 Å². The number of halogens is 3. The van der Waals surface area contributed by atoms with E-state index in [0.29, 0.717) is 12.6 Å². The quantitative estimate of drug-likeness (QED) is 0.869. The number of benzene rings is 1. The number of alkyl halides is 3. The minimum Gasteiger partial charge on any atom is -0.478 e. The summed E-state index contributed by atoms with van der Waals surface area (Å²) in [7, 11) is 0. The monoisotopic (exact) mass is 312 g/mol. The summed E-state index contributed by atoms with van der Waals surface area (Å²) >= 11 is 0. The summed E-state index contributed by atoms with van der Waals surface area (Å²) in [5.74, 6) is -0.757. The molecule has 0 saturated carbocycles. The molecule has 0 radical (unpaired) electrons. The molecule has 0 spiro atoms. The van der Waals surface area contributed by atoms with Crippen LogP contribution in [0.1, 0.15) is 5.56 Å². The molecular weight excluding hydrogens is 301 g/mol. The highest BCUT2D eigenvalue weighted by Crippen LogP contribution is 2.33. The van der Waals surface area contributed by atoms with Gasteiger partial charge in [-0.25, -0.2) is 4.79 Å². The first-order chi connectivity index (χ1) is 10.4. The zero-order valence-electron chi connectivity index (χ0n) is 11.1. The van der Waals surface area contributed by atoms with Crippen molar-refractivity contribution in [2.75, 3.05) is 18.1 Å². The van der Waals surface area contributed by atoms with Gasteiger partial charge >= 0.3 is 12.1 Å². The van der Waals surface area contributed by atoms with E-state index in [1.807, 2.05) is 0 Å². The summed E-state index contributed by atoms with van der Waals surface area (Å²) in [6, 6.07) is 4.66. The van der Waals surface area contributed by atoms with Crippen LogP contribution in [0.2, 0.25) is 0 Å². The van der Waals surface area contributed by atoms with Crippen LogP contribution in [0, 0.1) is 0 Å². The van der Waals surface area contributed by atoms with Crippen molar-refractivity contribution < 1.29 is 23.1 Å². The van der Waals surface area contributed by atoms with E-state index in [1.165, 1.54) is 23.2 Å². The number of hydrazone groups is 1. The Kier molecular flexibility index (Phi) is 3.19. The first-order valence-electron chi connectivity index (χ1n) is 6.32. The molecule has 22 heavy (non-hydrogen) atoms. The number of hydrogen-bond acceptors (Lipinski definition) is 5. The molecule has 0 atom stereocenters. The minimum absolute atomic E-state index is 0.0695. The maximum Gasteiger partial charge on any atom is 0.416 e. The van der Waals surface area contributed by atoms with Crippen molar-refractivity contribution in [3.63, 3.8) is 0 Å². The predicted octanol–water partition coefficient (Wildman–Crippen LogP) is 1.63. The van der Waals surface area contributed by atoms with Gasteiger partial charge in [-0.05, 0) is 18.2 Å². The van der Waals surface area contributed by atoms with Crippen LogP contribution in [0.3, 0.4) is 0 Å². The number of guanidine groups is 1. The first-order valence-corrected chi connectivity index (χ1v) is 6.32. The first kappa shape index (κ1) is 14.2. The van der Waals surface area contributed by atoms with Crippen LogP contribution in [-0.2, 0) is 11.0 Å². The molecule has 0 aromatic heterocycles. The van der Waals surface area contributed by atoms with Gasteiger partial charge in [0.05, 0.1) is 17.7 Å². The Morgan fingerprint density at radius 2 is 2.14 bits per heavy atom. The second-order valence-electron chi connectivity index (χ2n) is 4.80. The van der Waals surface area contributed by atoms with E-state index >= 15 is 0 Å². The van der Waals surface area contributed by atoms with E-state index in [-0.39, 0.29) is 17.8 Å². The van der Waals surface area contributed by atoms with Crippen LogP contribution in [0.15, 0.2) is 41.1 Å². The standard InChI is InChI=1S/C13H11F3N4O2/c14-13(15,16)9-2-1-3-10(4-9)20-6-8(11(21)22)5-19-7-17-18-12(19)20/h1-4,6,17H,5,7H2,(H,21,22). The molecule has 0 fully saturated rings. The minimum atomic E-state index is -4.47. The van der Waals surface area contributed by atoms with Gasteiger partial charge in [-0.2, -0.15) is 13.2 Å². The molecule has 2 aliphatic rings. The number of carboxylic acid groups (broad SMARTS) is 1. The number of rotatable bonds is 2. The zero-order chi connectivity index (χ0) is 15.9. The third-order valence-electron chi connectivity index (χ3n) is 3.31. The number of aliphatic carboxylic acids is 1. The Balaban J connectivity index is 2.05. The second kappa shape index (κ2) is 4.93. The third-order valence-corrected chi connectivity index (χ3v) is 3.31. The maximum absolute atomic E-state index is 12.8. The number of anilines is 1. The average Bonchev–Trinajstić information content (AvgIpc) is 2.93. The van der Waals surface area contributed by atoms with Crippen molar-refractivity contribution in [1.29, 1.82) is 0 Å². The highest BCUT2D eigenvalue weighted by atomic mass is 19.4. The van der Waals surface area contributed by atoms with Crippen LogP contribution < -0.4 is 10.3 Å². The summed E-state index contributed by atoms with van der Waals surface area (Å²) in [6.07, 6.45) is -3.18. The van der Waals surface area contributed by atoms with E-state index < -0.39 is 17.7 Å². The molecule has 9 heteroatoms. The van der Waals surface area contributed by atoms with E-state index in [9.17, 15) is 18.0 Å². The van der Waals surface area contributed by atoms with Gasteiger partial charge in [0.25, 0.3) is 0 Å². The maximum atomic E-state index is 12.8. The fourth-order valence-electron chi connectivity index (χ4n) is 2.27. The topological polar surface area (TPSA) is 68.2 Å². The summed E-state index contributed by atoms with van der Waals surface area (Å²) < 4.78 is 38.5. The summed E-state index contributed by atoms with van der Waals surface area (Å²) in [6.45, 7) is 0.437. The molecule has 0 saturated heterocycles. The lowest BCUT2D eigenvalue weighted by atomic mass is 10.1. The van der Waals surface area contributed by atoms with Crippen LogP contribution in [0.25, 0.3) is 0 Å². The van der Waals surface area contributed by atoms with Crippen molar-refractivity contribution in [3.8, 4) is 0 Å². The number of fused-ring (bicyclic) bond motifs is 1. The molecule has 1 aromatic rings. The highest BCUT2D eigenvalue weighted by molar-refractivity contribution is 6.03. The fraction of sp³-hybridized carbons (Fsp3) is 0.231. The van der Waals surface area contributed by atoms with E-state index in [0.717, 1.165) is 12.1 Å². The van der Waals surface area contributed by atoms with Crippen LogP contribution in [0.4, 0.5) is 18.9 Å². The molecule has 0 unspecified atom stereocenters. The lowest BCUT2D eigenvalue weighted by Gasteiger charge is -2.32. The van der Waals surface area contributed by atoms with Gasteiger partial charge in [0, 0.05) is 11.9 Å². The lowest BCUT2D eigenvalue weighted by Crippen LogP contribution is -2.45. The normalized spacial score (nSPS) is 17.6. The molecule has 2 aliphatic heterocycles. The zero-order valence-corrected chi connectivity index (χ0v) is 11.1. The molecule has 6 nitrogen and oxygen atoms in total. The van der Waals surface area contributed by atoms with Gasteiger partial charge in [0.1, 0.15) is 6.67 Å². The number of nitrogens with zero attached hydrogens (tertiary/aromatic N) is 3. The molecule has 3 rings (SSSR count). The van der Waals surface area contributed by atoms with Gasteiger partial charge in [-0.3, -0.25) is 10.3 Å². The summed E-state index contributed by atoms with van der Waals surface area (Å²) in [5, 5.41) is 13.1. The fourth-order valence-corrected chi connectivity index (χ4v) is 2.27.